The van der Waals surface area contributed by atoms with Gasteiger partial charge in [-0.3, -0.25) is 4.79 Å². The van der Waals surface area contributed by atoms with E-state index >= 15 is 0 Å². The van der Waals surface area contributed by atoms with E-state index in [4.69, 9.17) is 10.8 Å². The largest absolute Gasteiger partial charge is 0.480 e. The summed E-state index contributed by atoms with van der Waals surface area (Å²) in [4.78, 5) is 10.5. The minimum absolute atomic E-state index is 0.103. The number of nitrogens with one attached hydrogen (secondary N) is 1. The molecule has 0 spiro atoms. The Morgan fingerprint density at radius 1 is 1.44 bits per heavy atom. The van der Waals surface area contributed by atoms with Crippen LogP contribution in [0.2, 0.25) is 0 Å². The monoisotopic (exact) mass is 222 g/mol. The molecule has 16 heavy (non-hydrogen) atoms. The van der Waals surface area contributed by atoms with Crippen LogP contribution in [0.4, 0.5) is 0 Å². The van der Waals surface area contributed by atoms with Gasteiger partial charge in [0, 0.05) is 12.6 Å². The van der Waals surface area contributed by atoms with Crippen LogP contribution in [-0.2, 0) is 4.79 Å². The third-order valence-electron chi connectivity index (χ3n) is 2.54. The van der Waals surface area contributed by atoms with E-state index in [0.29, 0.717) is 0 Å². The third kappa shape index (κ3) is 3.64. The van der Waals surface area contributed by atoms with Crippen LogP contribution < -0.4 is 11.1 Å². The van der Waals surface area contributed by atoms with Crippen molar-refractivity contribution in [3.8, 4) is 0 Å². The van der Waals surface area contributed by atoms with Gasteiger partial charge in [-0.25, -0.2) is 0 Å². The predicted molar refractivity (Wildman–Crippen MR) is 63.2 cm³/mol. The van der Waals surface area contributed by atoms with Crippen LogP contribution in [0.1, 0.15) is 24.1 Å². The number of carboxylic acids is 1. The fourth-order valence-corrected chi connectivity index (χ4v) is 1.36. The zero-order valence-corrected chi connectivity index (χ0v) is 9.60. The number of aliphatic carboxylic acids is 1. The summed E-state index contributed by atoms with van der Waals surface area (Å²) in [6, 6.07) is 7.37. The molecule has 0 saturated carbocycles. The molecule has 0 radical (unpaired) electrons. The molecule has 88 valence electrons. The molecule has 0 heterocycles. The maximum atomic E-state index is 10.5. The number of rotatable bonds is 5. The summed E-state index contributed by atoms with van der Waals surface area (Å²) >= 11 is 0. The maximum absolute atomic E-state index is 10.5. The summed E-state index contributed by atoms with van der Waals surface area (Å²) in [5.41, 5.74) is 7.74. The summed E-state index contributed by atoms with van der Waals surface area (Å²) in [6.45, 7) is 4.28. The summed E-state index contributed by atoms with van der Waals surface area (Å²) in [5, 5.41) is 11.7. The summed E-state index contributed by atoms with van der Waals surface area (Å²) in [6.07, 6.45) is 0. The Hall–Kier alpha value is -1.39. The minimum atomic E-state index is -0.983. The van der Waals surface area contributed by atoms with Crippen LogP contribution in [0.25, 0.3) is 0 Å². The van der Waals surface area contributed by atoms with Gasteiger partial charge in [-0.1, -0.05) is 29.8 Å². The number of hydrogen-bond acceptors (Lipinski definition) is 3. The molecule has 4 heteroatoms. The van der Waals surface area contributed by atoms with Crippen molar-refractivity contribution in [1.29, 1.82) is 0 Å². The lowest BCUT2D eigenvalue weighted by molar-refractivity contribution is -0.138. The molecule has 4 N–H and O–H groups in total. The molecule has 0 fully saturated rings. The molecule has 2 atom stereocenters. The lowest BCUT2D eigenvalue weighted by Crippen LogP contribution is -2.41. The van der Waals surface area contributed by atoms with Crippen molar-refractivity contribution in [2.75, 3.05) is 6.54 Å². The average molecular weight is 222 g/mol. The second kappa shape index (κ2) is 5.63. The summed E-state index contributed by atoms with van der Waals surface area (Å²) in [7, 11) is 0. The van der Waals surface area contributed by atoms with E-state index < -0.39 is 12.0 Å². The Morgan fingerprint density at radius 2 is 2.00 bits per heavy atom. The molecule has 0 aliphatic rings. The molecule has 0 aromatic heterocycles. The molecule has 4 nitrogen and oxygen atoms in total. The number of carboxylic acid groups (broad SMARTS) is 1. The Kier molecular flexibility index (Phi) is 4.46. The van der Waals surface area contributed by atoms with E-state index in [2.05, 4.69) is 5.32 Å². The molecule has 1 aromatic rings. The Morgan fingerprint density at radius 3 is 2.50 bits per heavy atom. The van der Waals surface area contributed by atoms with Crippen LogP contribution in [-0.4, -0.2) is 23.7 Å². The topological polar surface area (TPSA) is 75.3 Å². The highest BCUT2D eigenvalue weighted by Crippen LogP contribution is 2.12. The van der Waals surface area contributed by atoms with Crippen molar-refractivity contribution < 1.29 is 9.90 Å². The number of hydrogen-bond donors (Lipinski definition) is 3. The smallest absolute Gasteiger partial charge is 0.321 e. The van der Waals surface area contributed by atoms with Gasteiger partial charge in [-0.05, 0) is 19.4 Å². The van der Waals surface area contributed by atoms with E-state index in [1.807, 2.05) is 38.1 Å². The molecular weight excluding hydrogens is 204 g/mol. The van der Waals surface area contributed by atoms with Crippen molar-refractivity contribution in [2.45, 2.75) is 25.9 Å². The molecular formula is C12H18N2O2. The van der Waals surface area contributed by atoms with Gasteiger partial charge in [0.15, 0.2) is 0 Å². The molecule has 1 aromatic carbocycles. The highest BCUT2D eigenvalue weighted by Gasteiger charge is 2.12. The van der Waals surface area contributed by atoms with Crippen molar-refractivity contribution in [2.24, 2.45) is 5.73 Å². The van der Waals surface area contributed by atoms with Gasteiger partial charge < -0.3 is 16.2 Å². The fourth-order valence-electron chi connectivity index (χ4n) is 1.36. The molecule has 1 rings (SSSR count). The quantitative estimate of drug-likeness (QED) is 0.696. The van der Waals surface area contributed by atoms with Gasteiger partial charge >= 0.3 is 5.97 Å². The number of nitrogens with two attached hydrogens (primary N) is 1. The molecule has 0 bridgehead atoms. The van der Waals surface area contributed by atoms with Gasteiger partial charge in [-0.2, -0.15) is 0 Å². The van der Waals surface area contributed by atoms with E-state index in [1.165, 1.54) is 5.56 Å². The van der Waals surface area contributed by atoms with E-state index in [1.54, 1.807) is 0 Å². The van der Waals surface area contributed by atoms with Crippen LogP contribution in [0.3, 0.4) is 0 Å². The molecule has 0 saturated heterocycles. The molecule has 0 amide bonds. The zero-order valence-electron chi connectivity index (χ0n) is 9.60. The van der Waals surface area contributed by atoms with Crippen LogP contribution >= 0.6 is 0 Å². The SMILES string of the molecule is Cc1ccc([C@H](C)NCC(N)C(=O)O)cc1. The Balaban J connectivity index is 2.49. The first kappa shape index (κ1) is 12.7. The van der Waals surface area contributed by atoms with Gasteiger partial charge in [0.25, 0.3) is 0 Å². The number of aryl methyl sites for hydroxylation is 1. The van der Waals surface area contributed by atoms with Crippen molar-refractivity contribution in [3.05, 3.63) is 35.4 Å². The highest BCUT2D eigenvalue weighted by molar-refractivity contribution is 5.73. The highest BCUT2D eigenvalue weighted by atomic mass is 16.4. The van der Waals surface area contributed by atoms with E-state index in [0.717, 1.165) is 5.56 Å². The maximum Gasteiger partial charge on any atom is 0.321 e. The summed E-state index contributed by atoms with van der Waals surface area (Å²) in [5.74, 6) is -0.983. The first-order valence-electron chi connectivity index (χ1n) is 5.29. The van der Waals surface area contributed by atoms with Crippen molar-refractivity contribution >= 4 is 5.97 Å². The molecule has 1 unspecified atom stereocenters. The molecule has 0 aliphatic heterocycles. The Bertz CT molecular complexity index is 349. The summed E-state index contributed by atoms with van der Waals surface area (Å²) < 4.78 is 0. The van der Waals surface area contributed by atoms with Gasteiger partial charge in [0.2, 0.25) is 0 Å². The average Bonchev–Trinajstić information content (AvgIpc) is 2.26. The van der Waals surface area contributed by atoms with E-state index in [-0.39, 0.29) is 12.6 Å². The minimum Gasteiger partial charge on any atom is -0.480 e. The first-order chi connectivity index (χ1) is 7.50. The van der Waals surface area contributed by atoms with E-state index in [9.17, 15) is 4.79 Å². The van der Waals surface area contributed by atoms with Crippen LogP contribution in [0.5, 0.6) is 0 Å². The zero-order chi connectivity index (χ0) is 12.1. The predicted octanol–water partition coefficient (Wildman–Crippen LogP) is 1.06. The number of carbonyl (C=O) groups is 1. The lowest BCUT2D eigenvalue weighted by atomic mass is 10.1. The third-order valence-corrected chi connectivity index (χ3v) is 2.54. The standard InChI is InChI=1S/C12H18N2O2/c1-8-3-5-10(6-4-8)9(2)14-7-11(13)12(15)16/h3-6,9,11,14H,7,13H2,1-2H3,(H,15,16)/t9-,11?/m0/s1. The number of benzene rings is 1. The molecule has 0 aliphatic carbocycles. The van der Waals surface area contributed by atoms with Gasteiger partial charge in [0.05, 0.1) is 0 Å². The second-order valence-electron chi connectivity index (χ2n) is 3.99. The Labute approximate surface area is 95.5 Å². The van der Waals surface area contributed by atoms with Gasteiger partial charge in [-0.15, -0.1) is 0 Å². The van der Waals surface area contributed by atoms with Crippen LogP contribution in [0, 0.1) is 6.92 Å². The second-order valence-corrected chi connectivity index (χ2v) is 3.99. The van der Waals surface area contributed by atoms with Gasteiger partial charge in [0.1, 0.15) is 6.04 Å². The van der Waals surface area contributed by atoms with Crippen molar-refractivity contribution in [1.82, 2.24) is 5.32 Å². The first-order valence-corrected chi connectivity index (χ1v) is 5.29. The van der Waals surface area contributed by atoms with Crippen LogP contribution in [0.15, 0.2) is 24.3 Å². The van der Waals surface area contributed by atoms with Crippen molar-refractivity contribution in [3.63, 3.8) is 0 Å². The normalized spacial score (nSPS) is 14.4. The fraction of sp³-hybridized carbons (Fsp3) is 0.417. The lowest BCUT2D eigenvalue weighted by Gasteiger charge is -2.16.